The van der Waals surface area contributed by atoms with E-state index < -0.39 is 6.10 Å². The predicted octanol–water partition coefficient (Wildman–Crippen LogP) is 2.71. The van der Waals surface area contributed by atoms with Crippen LogP contribution in [-0.4, -0.2) is 14.7 Å². The highest BCUT2D eigenvalue weighted by atomic mass is 19.1. The fourth-order valence-electron chi connectivity index (χ4n) is 2.03. The molecule has 1 aromatic carbocycles. The molecule has 0 spiro atoms. The number of aromatic nitrogens is 2. The van der Waals surface area contributed by atoms with Gasteiger partial charge in [-0.15, -0.1) is 0 Å². The Morgan fingerprint density at radius 3 is 3.00 bits per heavy atom. The van der Waals surface area contributed by atoms with Crippen LogP contribution in [-0.2, 0) is 13.0 Å². The molecule has 1 unspecified atom stereocenters. The molecule has 0 radical (unpaired) electrons. The second-order valence-electron chi connectivity index (χ2n) is 4.36. The van der Waals surface area contributed by atoms with Crippen LogP contribution in [0.1, 0.15) is 30.7 Å². The monoisotopic (exact) mass is 248 g/mol. The minimum Gasteiger partial charge on any atom is -0.386 e. The van der Waals surface area contributed by atoms with Gasteiger partial charge in [0, 0.05) is 13.0 Å². The van der Waals surface area contributed by atoms with Gasteiger partial charge in [-0.25, -0.2) is 9.37 Å². The van der Waals surface area contributed by atoms with E-state index in [1.165, 1.54) is 12.1 Å². The number of imidazole rings is 1. The maximum absolute atomic E-state index is 13.1. The summed E-state index contributed by atoms with van der Waals surface area (Å²) in [5.74, 6) is -0.276. The lowest BCUT2D eigenvalue weighted by atomic mass is 10.1. The van der Waals surface area contributed by atoms with Crippen LogP contribution in [0.5, 0.6) is 0 Å². The molecular formula is C14H17FN2O. The van der Waals surface area contributed by atoms with E-state index in [9.17, 15) is 9.50 Å². The second kappa shape index (κ2) is 5.78. The minimum atomic E-state index is -0.652. The maximum Gasteiger partial charge on any atom is 0.123 e. The van der Waals surface area contributed by atoms with E-state index in [-0.39, 0.29) is 5.82 Å². The van der Waals surface area contributed by atoms with Gasteiger partial charge in [0.05, 0.1) is 24.3 Å². The van der Waals surface area contributed by atoms with Crippen LogP contribution in [0.3, 0.4) is 0 Å². The SMILES string of the molecule is CCCn1cncc1C(O)Cc1cccc(F)c1. The molecule has 0 aliphatic heterocycles. The third kappa shape index (κ3) is 2.96. The Morgan fingerprint density at radius 2 is 2.28 bits per heavy atom. The van der Waals surface area contributed by atoms with Crippen LogP contribution in [0.4, 0.5) is 4.39 Å². The number of nitrogens with zero attached hydrogens (tertiary/aromatic N) is 2. The van der Waals surface area contributed by atoms with Crippen molar-refractivity contribution in [2.45, 2.75) is 32.4 Å². The number of aliphatic hydroxyl groups excluding tert-OH is 1. The van der Waals surface area contributed by atoms with Crippen LogP contribution in [0.2, 0.25) is 0 Å². The average Bonchev–Trinajstić information content (AvgIpc) is 2.78. The standard InChI is InChI=1S/C14H17FN2O/c1-2-6-17-10-16-9-13(17)14(18)8-11-4-3-5-12(15)7-11/h3-5,7,9-10,14,18H,2,6,8H2,1H3. The predicted molar refractivity (Wildman–Crippen MR) is 67.6 cm³/mol. The van der Waals surface area contributed by atoms with Crippen molar-refractivity contribution in [2.24, 2.45) is 0 Å². The van der Waals surface area contributed by atoms with Gasteiger partial charge in [-0.05, 0) is 24.1 Å². The van der Waals surface area contributed by atoms with Gasteiger partial charge in [0.15, 0.2) is 0 Å². The van der Waals surface area contributed by atoms with Crippen molar-refractivity contribution in [3.05, 3.63) is 53.9 Å². The summed E-state index contributed by atoms with van der Waals surface area (Å²) >= 11 is 0. The summed E-state index contributed by atoms with van der Waals surface area (Å²) < 4.78 is 15.0. The molecule has 96 valence electrons. The second-order valence-corrected chi connectivity index (χ2v) is 4.36. The average molecular weight is 248 g/mol. The normalized spacial score (nSPS) is 12.6. The zero-order chi connectivity index (χ0) is 13.0. The van der Waals surface area contributed by atoms with Gasteiger partial charge in [-0.2, -0.15) is 0 Å². The van der Waals surface area contributed by atoms with E-state index in [0.29, 0.717) is 6.42 Å². The van der Waals surface area contributed by atoms with E-state index in [0.717, 1.165) is 24.2 Å². The number of hydrogen-bond donors (Lipinski definition) is 1. The van der Waals surface area contributed by atoms with Gasteiger partial charge in [0.2, 0.25) is 0 Å². The summed E-state index contributed by atoms with van der Waals surface area (Å²) in [6.07, 6.45) is 4.11. The molecule has 2 rings (SSSR count). The number of halogens is 1. The number of hydrogen-bond acceptors (Lipinski definition) is 2. The van der Waals surface area contributed by atoms with E-state index >= 15 is 0 Å². The van der Waals surface area contributed by atoms with E-state index in [1.54, 1.807) is 18.6 Å². The Morgan fingerprint density at radius 1 is 1.44 bits per heavy atom. The maximum atomic E-state index is 13.1. The lowest BCUT2D eigenvalue weighted by molar-refractivity contribution is 0.168. The Bertz CT molecular complexity index is 510. The molecule has 0 amide bonds. The fourth-order valence-corrected chi connectivity index (χ4v) is 2.03. The van der Waals surface area contributed by atoms with Crippen LogP contribution in [0.25, 0.3) is 0 Å². The van der Waals surface area contributed by atoms with Crippen molar-refractivity contribution >= 4 is 0 Å². The quantitative estimate of drug-likeness (QED) is 0.883. The van der Waals surface area contributed by atoms with E-state index in [2.05, 4.69) is 11.9 Å². The Kier molecular flexibility index (Phi) is 4.10. The smallest absolute Gasteiger partial charge is 0.123 e. The van der Waals surface area contributed by atoms with Crippen molar-refractivity contribution in [2.75, 3.05) is 0 Å². The van der Waals surface area contributed by atoms with Gasteiger partial charge < -0.3 is 9.67 Å². The summed E-state index contributed by atoms with van der Waals surface area (Å²) in [5.41, 5.74) is 1.56. The summed E-state index contributed by atoms with van der Waals surface area (Å²) in [6, 6.07) is 6.31. The van der Waals surface area contributed by atoms with Gasteiger partial charge in [0.25, 0.3) is 0 Å². The van der Waals surface area contributed by atoms with Crippen molar-refractivity contribution in [1.82, 2.24) is 9.55 Å². The molecule has 1 atom stereocenters. The molecule has 0 aliphatic rings. The summed E-state index contributed by atoms with van der Waals surface area (Å²) in [7, 11) is 0. The lowest BCUT2D eigenvalue weighted by Crippen LogP contribution is -2.09. The molecule has 0 saturated heterocycles. The summed E-state index contributed by atoms with van der Waals surface area (Å²) in [4.78, 5) is 4.05. The van der Waals surface area contributed by atoms with E-state index in [1.807, 2.05) is 10.6 Å². The summed E-state index contributed by atoms with van der Waals surface area (Å²) in [5, 5.41) is 10.2. The zero-order valence-corrected chi connectivity index (χ0v) is 10.4. The molecule has 0 bridgehead atoms. The Balaban J connectivity index is 2.11. The van der Waals surface area contributed by atoms with Gasteiger partial charge >= 0.3 is 0 Å². The molecule has 0 saturated carbocycles. The molecule has 0 fully saturated rings. The molecule has 2 aromatic rings. The third-order valence-corrected chi connectivity index (χ3v) is 2.87. The molecule has 1 aromatic heterocycles. The van der Waals surface area contributed by atoms with Crippen LogP contribution >= 0.6 is 0 Å². The largest absolute Gasteiger partial charge is 0.386 e. The van der Waals surface area contributed by atoms with Crippen molar-refractivity contribution in [3.63, 3.8) is 0 Å². The number of rotatable bonds is 5. The van der Waals surface area contributed by atoms with Crippen LogP contribution in [0, 0.1) is 5.82 Å². The number of benzene rings is 1. The van der Waals surface area contributed by atoms with Gasteiger partial charge in [-0.3, -0.25) is 0 Å². The zero-order valence-electron chi connectivity index (χ0n) is 10.4. The first-order valence-electron chi connectivity index (χ1n) is 6.13. The highest BCUT2D eigenvalue weighted by molar-refractivity contribution is 5.19. The molecule has 1 N–H and O–H groups in total. The molecule has 4 heteroatoms. The first-order valence-corrected chi connectivity index (χ1v) is 6.13. The lowest BCUT2D eigenvalue weighted by Gasteiger charge is -2.13. The summed E-state index contributed by atoms with van der Waals surface area (Å²) in [6.45, 7) is 2.90. The molecule has 1 heterocycles. The first kappa shape index (κ1) is 12.8. The fraction of sp³-hybridized carbons (Fsp3) is 0.357. The van der Waals surface area contributed by atoms with Crippen LogP contribution in [0.15, 0.2) is 36.8 Å². The van der Waals surface area contributed by atoms with Gasteiger partial charge in [0.1, 0.15) is 5.82 Å². The van der Waals surface area contributed by atoms with Crippen molar-refractivity contribution in [1.29, 1.82) is 0 Å². The molecule has 18 heavy (non-hydrogen) atoms. The van der Waals surface area contributed by atoms with Crippen molar-refractivity contribution < 1.29 is 9.50 Å². The van der Waals surface area contributed by atoms with Gasteiger partial charge in [-0.1, -0.05) is 19.1 Å². The topological polar surface area (TPSA) is 38.0 Å². The third-order valence-electron chi connectivity index (χ3n) is 2.87. The molecule has 0 aliphatic carbocycles. The first-order chi connectivity index (χ1) is 8.70. The van der Waals surface area contributed by atoms with Crippen molar-refractivity contribution in [3.8, 4) is 0 Å². The number of aryl methyl sites for hydroxylation is 1. The van der Waals surface area contributed by atoms with E-state index in [4.69, 9.17) is 0 Å². The minimum absolute atomic E-state index is 0.276. The van der Waals surface area contributed by atoms with Crippen LogP contribution < -0.4 is 0 Å². The highest BCUT2D eigenvalue weighted by Crippen LogP contribution is 2.18. The Hall–Kier alpha value is -1.68. The highest BCUT2D eigenvalue weighted by Gasteiger charge is 2.13. The molecule has 3 nitrogen and oxygen atoms in total. The Labute approximate surface area is 106 Å². The number of aliphatic hydroxyl groups is 1. The molecular weight excluding hydrogens is 231 g/mol.